The van der Waals surface area contributed by atoms with Crippen LogP contribution in [0.15, 0.2) is 22.7 Å². The highest BCUT2D eigenvalue weighted by atomic mass is 35.5. The molecule has 27 heavy (non-hydrogen) atoms. The lowest BCUT2D eigenvalue weighted by Gasteiger charge is -2.32. The third-order valence-electron chi connectivity index (χ3n) is 5.10. The van der Waals surface area contributed by atoms with Crippen LogP contribution in [0.1, 0.15) is 43.3 Å². The Balaban J connectivity index is 1.37. The molecule has 1 aromatic carbocycles. The first kappa shape index (κ1) is 18.1. The Kier molecular flexibility index (Phi) is 5.20. The maximum atomic E-state index is 12.7. The number of halogens is 1. The number of piperidine rings is 1. The van der Waals surface area contributed by atoms with Gasteiger partial charge >= 0.3 is 6.03 Å². The summed E-state index contributed by atoms with van der Waals surface area (Å²) < 4.78 is 10.7. The van der Waals surface area contributed by atoms with Crippen molar-refractivity contribution in [1.82, 2.24) is 15.0 Å². The van der Waals surface area contributed by atoms with Crippen LogP contribution in [0.4, 0.5) is 10.5 Å². The maximum Gasteiger partial charge on any atom is 0.321 e. The molecule has 0 bridgehead atoms. The van der Waals surface area contributed by atoms with Gasteiger partial charge in [-0.05, 0) is 49.8 Å². The number of nitrogens with one attached hydrogen (secondary N) is 1. The molecule has 2 heterocycles. The second-order valence-corrected chi connectivity index (χ2v) is 7.69. The van der Waals surface area contributed by atoms with Crippen LogP contribution in [0.2, 0.25) is 5.02 Å². The molecule has 144 valence electrons. The number of anilines is 1. The Bertz CT molecular complexity index is 821. The number of ether oxygens (including phenoxy) is 1. The Morgan fingerprint density at radius 2 is 2.26 bits per heavy atom. The molecule has 2 aromatic rings. The zero-order valence-electron chi connectivity index (χ0n) is 15.3. The molecule has 0 radical (unpaired) electrons. The van der Waals surface area contributed by atoms with Gasteiger partial charge in [0, 0.05) is 30.5 Å². The minimum absolute atomic E-state index is 0.149. The van der Waals surface area contributed by atoms with Gasteiger partial charge in [-0.2, -0.15) is 4.98 Å². The van der Waals surface area contributed by atoms with Gasteiger partial charge in [-0.1, -0.05) is 16.8 Å². The van der Waals surface area contributed by atoms with Gasteiger partial charge in [0.25, 0.3) is 0 Å². The van der Waals surface area contributed by atoms with Crippen molar-refractivity contribution in [2.75, 3.05) is 25.5 Å². The number of hydrogen-bond donors (Lipinski definition) is 1. The Hall–Kier alpha value is -2.28. The van der Waals surface area contributed by atoms with Gasteiger partial charge < -0.3 is 19.5 Å². The number of carbonyl (C=O) groups is 1. The molecular weight excluding hydrogens is 368 g/mol. The molecule has 2 fully saturated rings. The number of nitrogens with zero attached hydrogens (tertiary/aromatic N) is 3. The summed E-state index contributed by atoms with van der Waals surface area (Å²) in [5.41, 5.74) is 0.572. The van der Waals surface area contributed by atoms with E-state index in [0.29, 0.717) is 47.2 Å². The molecular formula is C19H23ClN4O3. The van der Waals surface area contributed by atoms with E-state index < -0.39 is 0 Å². The van der Waals surface area contributed by atoms with E-state index in [1.165, 1.54) is 0 Å². The number of methoxy groups -OCH3 is 1. The molecule has 1 aromatic heterocycles. The van der Waals surface area contributed by atoms with Crippen molar-refractivity contribution >= 4 is 23.3 Å². The van der Waals surface area contributed by atoms with Crippen LogP contribution in [0, 0.1) is 5.92 Å². The third-order valence-corrected chi connectivity index (χ3v) is 5.33. The summed E-state index contributed by atoms with van der Waals surface area (Å²) in [5.74, 6) is 2.91. The second kappa shape index (κ2) is 7.76. The quantitative estimate of drug-likeness (QED) is 0.831. The Morgan fingerprint density at radius 1 is 1.41 bits per heavy atom. The Labute approximate surface area is 163 Å². The summed E-state index contributed by atoms with van der Waals surface area (Å²) >= 11 is 6.04. The molecule has 0 spiro atoms. The molecule has 7 nitrogen and oxygen atoms in total. The van der Waals surface area contributed by atoms with Crippen LogP contribution in [0.25, 0.3) is 0 Å². The van der Waals surface area contributed by atoms with E-state index in [1.807, 2.05) is 4.90 Å². The predicted molar refractivity (Wildman–Crippen MR) is 101 cm³/mol. The number of hydrogen-bond acceptors (Lipinski definition) is 5. The van der Waals surface area contributed by atoms with E-state index in [9.17, 15) is 4.79 Å². The summed E-state index contributed by atoms with van der Waals surface area (Å²) in [6.45, 7) is 1.39. The zero-order chi connectivity index (χ0) is 18.8. The van der Waals surface area contributed by atoms with Gasteiger partial charge in [-0.25, -0.2) is 4.79 Å². The summed E-state index contributed by atoms with van der Waals surface area (Å²) in [6, 6.07) is 5.01. The highest BCUT2D eigenvalue weighted by Crippen LogP contribution is 2.38. The van der Waals surface area contributed by atoms with Gasteiger partial charge in [-0.15, -0.1) is 0 Å². The molecule has 1 aliphatic heterocycles. The van der Waals surface area contributed by atoms with Crippen molar-refractivity contribution in [3.05, 3.63) is 34.9 Å². The molecule has 1 saturated carbocycles. The van der Waals surface area contributed by atoms with Crippen molar-refractivity contribution in [2.45, 2.75) is 38.0 Å². The van der Waals surface area contributed by atoms with Crippen molar-refractivity contribution < 1.29 is 14.1 Å². The first-order valence-electron chi connectivity index (χ1n) is 9.34. The van der Waals surface area contributed by atoms with Crippen LogP contribution in [-0.4, -0.2) is 41.3 Å². The fourth-order valence-electron chi connectivity index (χ4n) is 3.49. The van der Waals surface area contributed by atoms with Gasteiger partial charge in [0.15, 0.2) is 5.82 Å². The summed E-state index contributed by atoms with van der Waals surface area (Å²) in [7, 11) is 1.57. The van der Waals surface area contributed by atoms with Gasteiger partial charge in [-0.3, -0.25) is 0 Å². The largest absolute Gasteiger partial charge is 0.495 e. The summed E-state index contributed by atoms with van der Waals surface area (Å²) in [4.78, 5) is 19.0. The van der Waals surface area contributed by atoms with Crippen LogP contribution in [-0.2, 0) is 6.42 Å². The number of rotatable bonds is 5. The van der Waals surface area contributed by atoms with E-state index in [1.54, 1.807) is 25.3 Å². The fraction of sp³-hybridized carbons (Fsp3) is 0.526. The normalized spacial score (nSPS) is 19.8. The summed E-state index contributed by atoms with van der Waals surface area (Å²) in [5, 5.41) is 7.53. The molecule has 1 N–H and O–H groups in total. The highest BCUT2D eigenvalue weighted by Gasteiger charge is 2.30. The van der Waals surface area contributed by atoms with Crippen LogP contribution in [0.5, 0.6) is 5.75 Å². The number of aromatic nitrogens is 2. The number of amides is 2. The molecule has 8 heteroatoms. The molecule has 2 aliphatic rings. The highest BCUT2D eigenvalue weighted by molar-refractivity contribution is 6.31. The third kappa shape index (κ3) is 4.35. The second-order valence-electron chi connectivity index (χ2n) is 7.25. The monoisotopic (exact) mass is 390 g/mol. The average Bonchev–Trinajstić information content (AvgIpc) is 3.42. The predicted octanol–water partition coefficient (Wildman–Crippen LogP) is 4.10. The van der Waals surface area contributed by atoms with Gasteiger partial charge in [0.2, 0.25) is 5.89 Å². The van der Waals surface area contributed by atoms with E-state index in [2.05, 4.69) is 15.5 Å². The van der Waals surface area contributed by atoms with Crippen molar-refractivity contribution in [3.63, 3.8) is 0 Å². The van der Waals surface area contributed by atoms with Gasteiger partial charge in [0.05, 0.1) is 12.8 Å². The van der Waals surface area contributed by atoms with Crippen LogP contribution >= 0.6 is 11.6 Å². The van der Waals surface area contributed by atoms with Crippen molar-refractivity contribution in [3.8, 4) is 5.75 Å². The minimum Gasteiger partial charge on any atom is -0.495 e. The lowest BCUT2D eigenvalue weighted by molar-refractivity contribution is 0.173. The lowest BCUT2D eigenvalue weighted by Crippen LogP contribution is -2.42. The standard InChI is InChI=1S/C19H23ClN4O3/c1-26-16-7-6-14(20)10-15(16)21-19(25)24-8-2-3-12(11-24)9-17-22-18(23-27-17)13-4-5-13/h6-7,10,12-13H,2-5,8-9,11H2,1H3,(H,21,25). The van der Waals surface area contributed by atoms with E-state index in [-0.39, 0.29) is 6.03 Å². The first-order chi connectivity index (χ1) is 13.1. The SMILES string of the molecule is COc1ccc(Cl)cc1NC(=O)N1CCCC(Cc2nc(C3CC3)no2)C1. The summed E-state index contributed by atoms with van der Waals surface area (Å²) in [6.07, 6.45) is 5.02. The molecule has 1 saturated heterocycles. The molecule has 1 aliphatic carbocycles. The van der Waals surface area contributed by atoms with E-state index in [4.69, 9.17) is 20.9 Å². The van der Waals surface area contributed by atoms with Crippen molar-refractivity contribution in [1.29, 1.82) is 0 Å². The van der Waals surface area contributed by atoms with Gasteiger partial charge in [0.1, 0.15) is 5.75 Å². The molecule has 4 rings (SSSR count). The number of urea groups is 1. The topological polar surface area (TPSA) is 80.5 Å². The first-order valence-corrected chi connectivity index (χ1v) is 9.72. The molecule has 2 amide bonds. The zero-order valence-corrected chi connectivity index (χ0v) is 16.0. The minimum atomic E-state index is -0.149. The molecule has 1 unspecified atom stereocenters. The van der Waals surface area contributed by atoms with Crippen molar-refractivity contribution in [2.24, 2.45) is 5.92 Å². The maximum absolute atomic E-state index is 12.7. The van der Waals surface area contributed by atoms with Crippen LogP contribution < -0.4 is 10.1 Å². The average molecular weight is 391 g/mol. The smallest absolute Gasteiger partial charge is 0.321 e. The number of benzene rings is 1. The number of likely N-dealkylation sites (tertiary alicyclic amines) is 1. The number of carbonyl (C=O) groups excluding carboxylic acids is 1. The molecule has 1 atom stereocenters. The fourth-order valence-corrected chi connectivity index (χ4v) is 3.67. The lowest BCUT2D eigenvalue weighted by atomic mass is 9.95. The van der Waals surface area contributed by atoms with E-state index >= 15 is 0 Å². The van der Waals surface area contributed by atoms with Crippen LogP contribution in [0.3, 0.4) is 0 Å². The van der Waals surface area contributed by atoms with E-state index in [0.717, 1.165) is 38.1 Å². The Morgan fingerprint density at radius 3 is 3.04 bits per heavy atom.